The molecule has 2 atom stereocenters. The first-order valence-electron chi connectivity index (χ1n) is 10.6. The molecule has 0 radical (unpaired) electrons. The van der Waals surface area contributed by atoms with Crippen molar-refractivity contribution in [3.05, 3.63) is 65.7 Å². The van der Waals surface area contributed by atoms with Crippen LogP contribution in [0.25, 0.3) is 0 Å². The van der Waals surface area contributed by atoms with Crippen molar-refractivity contribution in [2.75, 3.05) is 32.5 Å². The largest absolute Gasteiger partial charge is 0.337 e. The fourth-order valence-electron chi connectivity index (χ4n) is 4.86. The van der Waals surface area contributed by atoms with Crippen LogP contribution in [0.1, 0.15) is 24.0 Å². The number of carbonyl (C=O) groups is 3. The summed E-state index contributed by atoms with van der Waals surface area (Å²) in [6.45, 7) is 0.399. The maximum absolute atomic E-state index is 13.3. The number of hydrogen-bond donors (Lipinski definition) is 2. The molecule has 1 fully saturated rings. The van der Waals surface area contributed by atoms with Crippen molar-refractivity contribution in [1.29, 1.82) is 0 Å². The molecule has 0 unspecified atom stereocenters. The van der Waals surface area contributed by atoms with Gasteiger partial charge in [-0.2, -0.15) is 0 Å². The molecule has 31 heavy (non-hydrogen) atoms. The first kappa shape index (κ1) is 20.9. The number of rotatable bonds is 5. The Morgan fingerprint density at radius 1 is 1.13 bits per heavy atom. The van der Waals surface area contributed by atoms with Gasteiger partial charge in [-0.25, -0.2) is 4.79 Å². The zero-order valence-electron chi connectivity index (χ0n) is 17.9. The Labute approximate surface area is 182 Å². The number of carbonyl (C=O) groups excluding carboxylic acids is 3. The highest BCUT2D eigenvalue weighted by molar-refractivity contribution is 6.07. The summed E-state index contributed by atoms with van der Waals surface area (Å²) in [5, 5.41) is 5.69. The molecule has 1 spiro atoms. The van der Waals surface area contributed by atoms with E-state index in [9.17, 15) is 14.4 Å². The minimum Gasteiger partial charge on any atom is -0.337 e. The summed E-state index contributed by atoms with van der Waals surface area (Å²) in [6.07, 6.45) is 2.00. The zero-order chi connectivity index (χ0) is 22.0. The lowest BCUT2D eigenvalue weighted by Crippen LogP contribution is -2.51. The average Bonchev–Trinajstić information content (AvgIpc) is 3.30. The highest BCUT2D eigenvalue weighted by Gasteiger charge is 2.58. The zero-order valence-corrected chi connectivity index (χ0v) is 17.9. The molecule has 0 aromatic heterocycles. The number of likely N-dealkylation sites (tertiary alicyclic amines) is 1. The second-order valence-corrected chi connectivity index (χ2v) is 8.40. The molecule has 0 bridgehead atoms. The van der Waals surface area contributed by atoms with Gasteiger partial charge in [-0.1, -0.05) is 48.5 Å². The monoisotopic (exact) mass is 420 g/mol. The molecule has 0 saturated carbocycles. The van der Waals surface area contributed by atoms with E-state index >= 15 is 0 Å². The Balaban J connectivity index is 1.62. The molecule has 7 heteroatoms. The molecule has 2 aromatic rings. The number of fused-ring (bicyclic) bond motifs is 2. The maximum Gasteiger partial charge on any atom is 0.317 e. The Kier molecular flexibility index (Phi) is 5.67. The molecular formula is C24H28N4O3. The first-order chi connectivity index (χ1) is 14.9. The maximum atomic E-state index is 13.3. The second kappa shape index (κ2) is 8.41. The number of nitrogens with one attached hydrogen (secondary N) is 2. The minimum absolute atomic E-state index is 0.0422. The summed E-state index contributed by atoms with van der Waals surface area (Å²) in [5.41, 5.74) is 2.20. The number of benzene rings is 2. The van der Waals surface area contributed by atoms with E-state index in [2.05, 4.69) is 22.8 Å². The molecule has 2 aliphatic heterocycles. The van der Waals surface area contributed by atoms with E-state index in [1.807, 2.05) is 42.5 Å². The fraction of sp³-hybridized carbons (Fsp3) is 0.375. The van der Waals surface area contributed by atoms with Gasteiger partial charge in [0.15, 0.2) is 0 Å². The predicted molar refractivity (Wildman–Crippen MR) is 119 cm³/mol. The molecule has 162 valence electrons. The van der Waals surface area contributed by atoms with Crippen molar-refractivity contribution >= 4 is 23.5 Å². The van der Waals surface area contributed by atoms with E-state index in [0.717, 1.165) is 17.7 Å². The molecule has 2 N–H and O–H groups in total. The van der Waals surface area contributed by atoms with Gasteiger partial charge in [0.1, 0.15) is 0 Å². The third-order valence-corrected chi connectivity index (χ3v) is 6.42. The van der Waals surface area contributed by atoms with Gasteiger partial charge < -0.3 is 20.4 Å². The van der Waals surface area contributed by atoms with Crippen molar-refractivity contribution in [3.8, 4) is 0 Å². The number of para-hydroxylation sites is 1. The van der Waals surface area contributed by atoms with Gasteiger partial charge in [-0.15, -0.1) is 0 Å². The lowest BCUT2D eigenvalue weighted by Gasteiger charge is -2.34. The predicted octanol–water partition coefficient (Wildman–Crippen LogP) is 2.38. The van der Waals surface area contributed by atoms with Gasteiger partial charge in [0, 0.05) is 26.3 Å². The van der Waals surface area contributed by atoms with Gasteiger partial charge in [-0.3, -0.25) is 9.59 Å². The standard InChI is InChI=1S/C24H28N4O3/c1-27(2)23(31)25-16-21(29)28-15-14-24(18-10-6-7-11-19(18)26-22(24)30)20(28)13-12-17-8-4-3-5-9-17/h3-11,20H,12-16H2,1-2H3,(H,25,31)(H,26,30)/t20-,24+/m0/s1. The van der Waals surface area contributed by atoms with Crippen LogP contribution >= 0.6 is 0 Å². The van der Waals surface area contributed by atoms with Crippen LogP contribution in [0.3, 0.4) is 0 Å². The SMILES string of the molecule is CN(C)C(=O)NCC(=O)N1CC[C@]2(C(=O)Nc3ccccc32)[C@@H]1CCc1ccccc1. The van der Waals surface area contributed by atoms with Crippen LogP contribution in [0.2, 0.25) is 0 Å². The van der Waals surface area contributed by atoms with E-state index in [-0.39, 0.29) is 30.4 Å². The Morgan fingerprint density at radius 2 is 1.84 bits per heavy atom. The summed E-state index contributed by atoms with van der Waals surface area (Å²) in [7, 11) is 3.26. The fourth-order valence-corrected chi connectivity index (χ4v) is 4.86. The number of nitrogens with zero attached hydrogens (tertiary/aromatic N) is 2. The molecule has 2 aliphatic rings. The third-order valence-electron chi connectivity index (χ3n) is 6.42. The van der Waals surface area contributed by atoms with E-state index in [1.54, 1.807) is 19.0 Å². The van der Waals surface area contributed by atoms with E-state index in [1.165, 1.54) is 10.5 Å². The van der Waals surface area contributed by atoms with E-state index in [4.69, 9.17) is 0 Å². The summed E-state index contributed by atoms with van der Waals surface area (Å²) < 4.78 is 0. The van der Waals surface area contributed by atoms with Gasteiger partial charge in [0.2, 0.25) is 11.8 Å². The van der Waals surface area contributed by atoms with Gasteiger partial charge in [0.25, 0.3) is 0 Å². The number of amides is 4. The summed E-state index contributed by atoms with van der Waals surface area (Å²) in [5.74, 6) is -0.207. The average molecular weight is 421 g/mol. The second-order valence-electron chi connectivity index (χ2n) is 8.40. The Hall–Kier alpha value is -3.35. The first-order valence-corrected chi connectivity index (χ1v) is 10.6. The minimum atomic E-state index is -0.757. The normalized spacial score (nSPS) is 21.7. The lowest BCUT2D eigenvalue weighted by atomic mass is 9.73. The number of anilines is 1. The molecule has 2 aromatic carbocycles. The number of hydrogen-bond acceptors (Lipinski definition) is 3. The summed E-state index contributed by atoms with van der Waals surface area (Å²) >= 11 is 0. The lowest BCUT2D eigenvalue weighted by molar-refractivity contribution is -0.132. The molecule has 4 rings (SSSR count). The van der Waals surface area contributed by atoms with Crippen LogP contribution in [0.4, 0.5) is 10.5 Å². The van der Waals surface area contributed by atoms with Crippen molar-refractivity contribution in [3.63, 3.8) is 0 Å². The smallest absolute Gasteiger partial charge is 0.317 e. The van der Waals surface area contributed by atoms with Crippen molar-refractivity contribution < 1.29 is 14.4 Å². The molecule has 4 amide bonds. The van der Waals surface area contributed by atoms with Crippen LogP contribution in [-0.2, 0) is 21.4 Å². The summed E-state index contributed by atoms with van der Waals surface area (Å²) in [4.78, 5) is 41.5. The van der Waals surface area contributed by atoms with Crippen LogP contribution in [0.15, 0.2) is 54.6 Å². The molecule has 1 saturated heterocycles. The third kappa shape index (κ3) is 3.76. The highest BCUT2D eigenvalue weighted by Crippen LogP contribution is 2.49. The highest BCUT2D eigenvalue weighted by atomic mass is 16.2. The quantitative estimate of drug-likeness (QED) is 0.779. The van der Waals surface area contributed by atoms with Gasteiger partial charge in [0.05, 0.1) is 18.0 Å². The van der Waals surface area contributed by atoms with Gasteiger partial charge in [-0.05, 0) is 36.5 Å². The number of aryl methyl sites for hydroxylation is 1. The van der Waals surface area contributed by atoms with Crippen molar-refractivity contribution in [2.45, 2.75) is 30.7 Å². The van der Waals surface area contributed by atoms with Gasteiger partial charge >= 0.3 is 6.03 Å². The van der Waals surface area contributed by atoms with E-state index < -0.39 is 5.41 Å². The van der Waals surface area contributed by atoms with E-state index in [0.29, 0.717) is 19.4 Å². The Morgan fingerprint density at radius 3 is 2.58 bits per heavy atom. The van der Waals surface area contributed by atoms with Crippen LogP contribution in [0.5, 0.6) is 0 Å². The molecule has 0 aliphatic carbocycles. The molecular weight excluding hydrogens is 392 g/mol. The van der Waals surface area contributed by atoms with Crippen LogP contribution < -0.4 is 10.6 Å². The van der Waals surface area contributed by atoms with Crippen molar-refractivity contribution in [1.82, 2.24) is 15.1 Å². The van der Waals surface area contributed by atoms with Crippen molar-refractivity contribution in [2.24, 2.45) is 0 Å². The summed E-state index contributed by atoms with van der Waals surface area (Å²) in [6, 6.07) is 17.3. The Bertz CT molecular complexity index is 991. The van der Waals surface area contributed by atoms with Crippen LogP contribution in [0, 0.1) is 0 Å². The van der Waals surface area contributed by atoms with Crippen LogP contribution in [-0.4, -0.2) is 60.9 Å². The molecule has 7 nitrogen and oxygen atoms in total. The topological polar surface area (TPSA) is 81.8 Å². The number of urea groups is 1. The molecule has 2 heterocycles.